The van der Waals surface area contributed by atoms with Crippen molar-refractivity contribution < 1.29 is 9.21 Å². The number of nitrogens with one attached hydrogen (secondary N) is 1. The van der Waals surface area contributed by atoms with E-state index >= 15 is 0 Å². The fourth-order valence-electron chi connectivity index (χ4n) is 4.02. The van der Waals surface area contributed by atoms with E-state index in [2.05, 4.69) is 15.2 Å². The maximum atomic E-state index is 13.0. The predicted octanol–water partition coefficient (Wildman–Crippen LogP) is 2.62. The van der Waals surface area contributed by atoms with Crippen LogP contribution in [0.2, 0.25) is 0 Å². The second-order valence-corrected chi connectivity index (χ2v) is 7.50. The third-order valence-corrected chi connectivity index (χ3v) is 5.62. The van der Waals surface area contributed by atoms with Crippen LogP contribution in [0.1, 0.15) is 40.4 Å². The van der Waals surface area contributed by atoms with E-state index in [-0.39, 0.29) is 42.2 Å². The van der Waals surface area contributed by atoms with Gasteiger partial charge in [0, 0.05) is 44.8 Å². The Kier molecular flexibility index (Phi) is 8.70. The molecule has 164 valence electrons. The number of aromatic nitrogens is 1. The lowest BCUT2D eigenvalue weighted by Crippen LogP contribution is -2.50. The Bertz CT molecular complexity index is 893. The van der Waals surface area contributed by atoms with E-state index in [4.69, 9.17) is 4.42 Å². The van der Waals surface area contributed by atoms with E-state index in [1.807, 2.05) is 31.2 Å². The van der Waals surface area contributed by atoms with Gasteiger partial charge in [0.2, 0.25) is 0 Å². The van der Waals surface area contributed by atoms with Crippen molar-refractivity contribution >= 4 is 36.5 Å². The van der Waals surface area contributed by atoms with Gasteiger partial charge in [-0.2, -0.15) is 0 Å². The Hall–Kier alpha value is -2.09. The second-order valence-electron chi connectivity index (χ2n) is 7.50. The molecule has 4 heterocycles. The van der Waals surface area contributed by atoms with Crippen molar-refractivity contribution in [2.45, 2.75) is 25.7 Å². The first-order valence-corrected chi connectivity index (χ1v) is 9.94. The van der Waals surface area contributed by atoms with Gasteiger partial charge in [0.1, 0.15) is 17.1 Å². The normalized spacial score (nSPS) is 18.9. The molecular formula is C21H28Cl2N4O3. The number of carbonyl (C=O) groups excluding carboxylic acids is 1. The Morgan fingerprint density at radius 1 is 1.20 bits per heavy atom. The van der Waals surface area contributed by atoms with Gasteiger partial charge in [-0.05, 0) is 50.1 Å². The predicted molar refractivity (Wildman–Crippen MR) is 121 cm³/mol. The SMILES string of the molecule is Cc1cc(C2CCCNC2)oc(=O)c1C(=O)N1CCN(c2ccccn2)CC1.Cl.Cl. The molecule has 2 fully saturated rings. The number of piperidine rings is 1. The molecule has 0 radical (unpaired) electrons. The first kappa shape index (κ1) is 24.2. The highest BCUT2D eigenvalue weighted by molar-refractivity contribution is 5.95. The number of piperazine rings is 1. The van der Waals surface area contributed by atoms with Gasteiger partial charge in [0.15, 0.2) is 0 Å². The minimum Gasteiger partial charge on any atom is -0.427 e. The van der Waals surface area contributed by atoms with Crippen molar-refractivity contribution in [3.63, 3.8) is 0 Å². The first-order valence-electron chi connectivity index (χ1n) is 9.94. The first-order chi connectivity index (χ1) is 13.6. The Morgan fingerprint density at radius 2 is 1.97 bits per heavy atom. The molecule has 0 bridgehead atoms. The Labute approximate surface area is 188 Å². The standard InChI is InChI=1S/C21H26N4O3.2ClH/c1-15-13-17(16-5-4-7-22-14-16)28-21(27)19(15)20(26)25-11-9-24(10-12-25)18-6-2-3-8-23-18;;/h2-3,6,8,13,16,22H,4-5,7,9-12,14H2,1H3;2*1H. The van der Waals surface area contributed by atoms with Gasteiger partial charge in [0.25, 0.3) is 5.91 Å². The van der Waals surface area contributed by atoms with Gasteiger partial charge in [0.05, 0.1) is 0 Å². The van der Waals surface area contributed by atoms with E-state index in [0.717, 1.165) is 31.7 Å². The quantitative estimate of drug-likeness (QED) is 0.767. The highest BCUT2D eigenvalue weighted by Crippen LogP contribution is 2.24. The van der Waals surface area contributed by atoms with Crippen LogP contribution in [0.4, 0.5) is 5.82 Å². The number of hydrogen-bond donors (Lipinski definition) is 1. The molecule has 1 atom stereocenters. The summed E-state index contributed by atoms with van der Waals surface area (Å²) in [6, 6.07) is 7.68. The van der Waals surface area contributed by atoms with Gasteiger partial charge < -0.3 is 19.5 Å². The molecule has 1 N–H and O–H groups in total. The molecule has 7 nitrogen and oxygen atoms in total. The van der Waals surface area contributed by atoms with E-state index in [9.17, 15) is 9.59 Å². The van der Waals surface area contributed by atoms with Gasteiger partial charge in [-0.15, -0.1) is 24.8 Å². The fourth-order valence-corrected chi connectivity index (χ4v) is 4.02. The number of halogens is 2. The van der Waals surface area contributed by atoms with Gasteiger partial charge in [-0.1, -0.05) is 6.07 Å². The van der Waals surface area contributed by atoms with Crippen LogP contribution in [-0.2, 0) is 0 Å². The summed E-state index contributed by atoms with van der Waals surface area (Å²) >= 11 is 0. The van der Waals surface area contributed by atoms with Crippen LogP contribution in [0, 0.1) is 6.92 Å². The topological polar surface area (TPSA) is 78.7 Å². The van der Waals surface area contributed by atoms with Gasteiger partial charge in [-0.3, -0.25) is 4.79 Å². The lowest BCUT2D eigenvalue weighted by Gasteiger charge is -2.35. The summed E-state index contributed by atoms with van der Waals surface area (Å²) < 4.78 is 5.57. The molecule has 2 aromatic heterocycles. The number of rotatable bonds is 3. The summed E-state index contributed by atoms with van der Waals surface area (Å²) in [6.07, 6.45) is 3.83. The zero-order valence-corrected chi connectivity index (χ0v) is 18.6. The molecule has 1 amide bonds. The van der Waals surface area contributed by atoms with Crippen LogP contribution < -0.4 is 15.8 Å². The van der Waals surface area contributed by atoms with Crippen LogP contribution in [0.5, 0.6) is 0 Å². The Morgan fingerprint density at radius 3 is 2.57 bits per heavy atom. The van der Waals surface area contributed by atoms with Crippen LogP contribution >= 0.6 is 24.8 Å². The minimum absolute atomic E-state index is 0. The Balaban J connectivity index is 0.00000160. The number of anilines is 1. The molecule has 2 saturated heterocycles. The molecule has 0 saturated carbocycles. The highest BCUT2D eigenvalue weighted by Gasteiger charge is 2.28. The molecular weight excluding hydrogens is 427 g/mol. The molecule has 2 aliphatic rings. The third kappa shape index (κ3) is 5.14. The zero-order valence-electron chi connectivity index (χ0n) is 17.0. The van der Waals surface area contributed by atoms with E-state index in [1.165, 1.54) is 0 Å². The van der Waals surface area contributed by atoms with Crippen LogP contribution in [0.3, 0.4) is 0 Å². The average Bonchev–Trinajstić information content (AvgIpc) is 2.74. The van der Waals surface area contributed by atoms with Crippen molar-refractivity contribution in [2.75, 3.05) is 44.2 Å². The molecule has 4 rings (SSSR count). The van der Waals surface area contributed by atoms with Crippen molar-refractivity contribution in [3.8, 4) is 0 Å². The maximum absolute atomic E-state index is 13.0. The van der Waals surface area contributed by atoms with Crippen molar-refractivity contribution in [1.29, 1.82) is 0 Å². The molecule has 0 spiro atoms. The van der Waals surface area contributed by atoms with E-state index in [1.54, 1.807) is 11.1 Å². The van der Waals surface area contributed by atoms with E-state index in [0.29, 0.717) is 37.5 Å². The van der Waals surface area contributed by atoms with Gasteiger partial charge in [-0.25, -0.2) is 9.78 Å². The number of aryl methyl sites for hydroxylation is 1. The lowest BCUT2D eigenvalue weighted by molar-refractivity contribution is 0.0740. The summed E-state index contributed by atoms with van der Waals surface area (Å²) in [6.45, 7) is 6.14. The summed E-state index contributed by atoms with van der Waals surface area (Å²) in [5, 5.41) is 3.33. The summed E-state index contributed by atoms with van der Waals surface area (Å²) in [5.41, 5.74) is 0.352. The third-order valence-electron chi connectivity index (χ3n) is 5.62. The molecule has 2 aromatic rings. The van der Waals surface area contributed by atoms with Crippen molar-refractivity contribution in [2.24, 2.45) is 0 Å². The van der Waals surface area contributed by atoms with Crippen molar-refractivity contribution in [1.82, 2.24) is 15.2 Å². The zero-order chi connectivity index (χ0) is 19.5. The average molecular weight is 455 g/mol. The number of amides is 1. The lowest BCUT2D eigenvalue weighted by atomic mass is 9.95. The second kappa shape index (κ2) is 10.8. The largest absolute Gasteiger partial charge is 0.427 e. The number of pyridine rings is 1. The maximum Gasteiger partial charge on any atom is 0.349 e. The molecule has 9 heteroatoms. The number of hydrogen-bond acceptors (Lipinski definition) is 6. The molecule has 0 aromatic carbocycles. The van der Waals surface area contributed by atoms with Crippen LogP contribution in [0.25, 0.3) is 0 Å². The van der Waals surface area contributed by atoms with Gasteiger partial charge >= 0.3 is 5.63 Å². The van der Waals surface area contributed by atoms with Crippen molar-refractivity contribution in [3.05, 3.63) is 57.8 Å². The molecule has 30 heavy (non-hydrogen) atoms. The fraction of sp³-hybridized carbons (Fsp3) is 0.476. The minimum atomic E-state index is -0.516. The van der Waals surface area contributed by atoms with Crippen LogP contribution in [-0.4, -0.2) is 55.1 Å². The van der Waals surface area contributed by atoms with Crippen LogP contribution in [0.15, 0.2) is 39.7 Å². The molecule has 0 aliphatic carbocycles. The number of carbonyl (C=O) groups is 1. The smallest absolute Gasteiger partial charge is 0.349 e. The summed E-state index contributed by atoms with van der Waals surface area (Å²) in [7, 11) is 0. The van der Waals surface area contributed by atoms with E-state index < -0.39 is 5.63 Å². The molecule has 2 aliphatic heterocycles. The number of nitrogens with zero attached hydrogens (tertiary/aromatic N) is 3. The highest BCUT2D eigenvalue weighted by atomic mass is 35.5. The summed E-state index contributed by atoms with van der Waals surface area (Å²) in [5.74, 6) is 1.56. The summed E-state index contributed by atoms with van der Waals surface area (Å²) in [4.78, 5) is 33.9. The monoisotopic (exact) mass is 454 g/mol. The molecule has 1 unspecified atom stereocenters.